The van der Waals surface area contributed by atoms with E-state index in [0.717, 1.165) is 23.4 Å². The number of benzene rings is 3. The summed E-state index contributed by atoms with van der Waals surface area (Å²) in [5, 5.41) is 3.48. The molecule has 1 aliphatic heterocycles. The first-order chi connectivity index (χ1) is 18.5. The first kappa shape index (κ1) is 27.1. The fraction of sp³-hybridized carbons (Fsp3) is 0.367. The second-order valence-corrected chi connectivity index (χ2v) is 10.4. The van der Waals surface area contributed by atoms with Crippen LogP contribution >= 0.6 is 0 Å². The molecule has 3 aromatic carbocycles. The lowest BCUT2D eigenvalue weighted by Gasteiger charge is -2.39. The number of hydrogen-bond acceptors (Lipinski definition) is 2. The van der Waals surface area contributed by atoms with Crippen LogP contribution in [0.4, 0.5) is 32.0 Å². The maximum Gasteiger partial charge on any atom is 0.416 e. The third-order valence-electron chi connectivity index (χ3n) is 7.57. The molecule has 1 saturated heterocycles. The van der Waals surface area contributed by atoms with Gasteiger partial charge in [0.05, 0.1) is 11.1 Å². The number of carbonyl (C=O) groups excluding carboxylic acids is 1. The predicted molar refractivity (Wildman–Crippen MR) is 137 cm³/mol. The molecule has 2 fully saturated rings. The van der Waals surface area contributed by atoms with E-state index >= 15 is 0 Å². The van der Waals surface area contributed by atoms with Crippen LogP contribution in [-0.4, -0.2) is 30.4 Å². The Balaban J connectivity index is 1.43. The van der Waals surface area contributed by atoms with Crippen molar-refractivity contribution in [1.82, 2.24) is 4.90 Å². The van der Waals surface area contributed by atoms with Crippen molar-refractivity contribution in [2.75, 3.05) is 25.0 Å². The van der Waals surface area contributed by atoms with Crippen LogP contribution in [-0.2, 0) is 12.4 Å². The Bertz CT molecular complexity index is 1280. The van der Waals surface area contributed by atoms with Gasteiger partial charge in [0.1, 0.15) is 0 Å². The Morgan fingerprint density at radius 1 is 0.769 bits per heavy atom. The molecule has 2 atom stereocenters. The van der Waals surface area contributed by atoms with Crippen LogP contribution in [0, 0.1) is 5.92 Å². The van der Waals surface area contributed by atoms with Crippen LogP contribution in [0.2, 0.25) is 0 Å². The summed E-state index contributed by atoms with van der Waals surface area (Å²) in [7, 11) is 0. The monoisotopic (exact) mass is 546 g/mol. The smallest absolute Gasteiger partial charge is 0.385 e. The van der Waals surface area contributed by atoms with Crippen LogP contribution in [0.3, 0.4) is 0 Å². The van der Waals surface area contributed by atoms with Gasteiger partial charge in [0.25, 0.3) is 5.91 Å². The van der Waals surface area contributed by atoms with E-state index in [0.29, 0.717) is 24.5 Å². The molecule has 0 bridgehead atoms. The minimum absolute atomic E-state index is 0.0198. The van der Waals surface area contributed by atoms with Gasteiger partial charge >= 0.3 is 12.4 Å². The molecule has 3 aromatic rings. The number of anilines is 1. The average Bonchev–Trinajstić information content (AvgIpc) is 3.75. The van der Waals surface area contributed by atoms with E-state index in [1.165, 1.54) is 17.7 Å². The predicted octanol–water partition coefficient (Wildman–Crippen LogP) is 7.96. The van der Waals surface area contributed by atoms with E-state index in [4.69, 9.17) is 0 Å². The highest BCUT2D eigenvalue weighted by Gasteiger charge is 2.39. The second-order valence-electron chi connectivity index (χ2n) is 10.4. The number of nitrogens with one attached hydrogen (secondary N) is 1. The normalized spacial score (nSPS) is 20.1. The molecule has 0 unspecified atom stereocenters. The quantitative estimate of drug-likeness (QED) is 0.318. The van der Waals surface area contributed by atoms with Gasteiger partial charge in [0, 0.05) is 36.8 Å². The summed E-state index contributed by atoms with van der Waals surface area (Å²) in [4.78, 5) is 14.7. The minimum Gasteiger partial charge on any atom is -0.385 e. The van der Waals surface area contributed by atoms with Gasteiger partial charge in [0.2, 0.25) is 0 Å². The zero-order chi connectivity index (χ0) is 27.8. The van der Waals surface area contributed by atoms with E-state index in [2.05, 4.69) is 11.4 Å². The van der Waals surface area contributed by atoms with Crippen molar-refractivity contribution in [2.45, 2.75) is 43.5 Å². The molecule has 206 valence electrons. The van der Waals surface area contributed by atoms with Gasteiger partial charge in [-0.05, 0) is 72.6 Å². The molecule has 1 aliphatic carbocycles. The number of halogens is 6. The van der Waals surface area contributed by atoms with Crippen LogP contribution in [0.5, 0.6) is 0 Å². The number of hydrogen-bond donors (Lipinski definition) is 1. The van der Waals surface area contributed by atoms with Gasteiger partial charge in [-0.15, -0.1) is 0 Å². The summed E-state index contributed by atoms with van der Waals surface area (Å²) in [6.07, 6.45) is -7.07. The van der Waals surface area contributed by atoms with Gasteiger partial charge in [-0.2, -0.15) is 26.3 Å². The molecule has 1 heterocycles. The molecule has 0 aromatic heterocycles. The minimum atomic E-state index is -5.02. The number of carbonyl (C=O) groups is 1. The Morgan fingerprint density at radius 2 is 1.41 bits per heavy atom. The number of nitrogens with zero attached hydrogens (tertiary/aromatic N) is 1. The van der Waals surface area contributed by atoms with Gasteiger partial charge in [-0.3, -0.25) is 4.79 Å². The molecule has 1 saturated carbocycles. The highest BCUT2D eigenvalue weighted by molar-refractivity contribution is 5.95. The van der Waals surface area contributed by atoms with Crippen molar-refractivity contribution in [3.8, 4) is 0 Å². The van der Waals surface area contributed by atoms with Crippen molar-refractivity contribution in [2.24, 2.45) is 5.92 Å². The molecule has 1 amide bonds. The molecule has 39 heavy (non-hydrogen) atoms. The standard InChI is InChI=1S/C30H28F6N2O/c31-29(32,33)23-13-22(14-24(16-23)30(34,35)36)28(39)38-12-11-26(27(18-38)20-5-2-1-3-6-20)21-7-4-8-25(15-21)37-17-19-9-10-19/h1-8,13-16,19,26-27,37H,9-12,17-18H2/t26-,27+/m1/s1. The first-order valence-corrected chi connectivity index (χ1v) is 13.0. The molecule has 1 N–H and O–H groups in total. The molecular formula is C30H28F6N2O. The zero-order valence-electron chi connectivity index (χ0n) is 21.0. The largest absolute Gasteiger partial charge is 0.416 e. The summed E-state index contributed by atoms with van der Waals surface area (Å²) in [6, 6.07) is 18.7. The number of likely N-dealkylation sites (tertiary alicyclic amines) is 1. The fourth-order valence-corrected chi connectivity index (χ4v) is 5.30. The maximum absolute atomic E-state index is 13.4. The number of rotatable bonds is 6. The maximum atomic E-state index is 13.4. The van der Waals surface area contributed by atoms with Crippen LogP contribution in [0.1, 0.15) is 63.7 Å². The highest BCUT2D eigenvalue weighted by Crippen LogP contribution is 2.42. The topological polar surface area (TPSA) is 32.3 Å². The zero-order valence-corrected chi connectivity index (χ0v) is 21.0. The summed E-state index contributed by atoms with van der Waals surface area (Å²) >= 11 is 0. The molecule has 2 aliphatic rings. The highest BCUT2D eigenvalue weighted by atomic mass is 19.4. The first-order valence-electron chi connectivity index (χ1n) is 13.0. The molecule has 0 radical (unpaired) electrons. The molecular weight excluding hydrogens is 518 g/mol. The van der Waals surface area contributed by atoms with Crippen molar-refractivity contribution in [1.29, 1.82) is 0 Å². The van der Waals surface area contributed by atoms with Crippen LogP contribution < -0.4 is 5.32 Å². The Morgan fingerprint density at radius 3 is 2.03 bits per heavy atom. The summed E-state index contributed by atoms with van der Waals surface area (Å²) in [5.41, 5.74) is -0.565. The van der Waals surface area contributed by atoms with E-state index < -0.39 is 35.0 Å². The molecule has 5 rings (SSSR count). The SMILES string of the molecule is O=C(c1cc(C(F)(F)F)cc(C(F)(F)F)c1)N1CC[C@H](c2cccc(NCC3CC3)c2)[C@H](c2ccccc2)C1. The fourth-order valence-electron chi connectivity index (χ4n) is 5.30. The molecule has 9 heteroatoms. The summed E-state index contributed by atoms with van der Waals surface area (Å²) in [6.45, 7) is 1.30. The van der Waals surface area contributed by atoms with Gasteiger partial charge in [-0.1, -0.05) is 42.5 Å². The third kappa shape index (κ3) is 6.40. The number of piperidine rings is 1. The number of alkyl halides is 6. The number of amides is 1. The van der Waals surface area contributed by atoms with Gasteiger partial charge in [0.15, 0.2) is 0 Å². The van der Waals surface area contributed by atoms with E-state index in [1.807, 2.05) is 48.5 Å². The molecule has 0 spiro atoms. The van der Waals surface area contributed by atoms with E-state index in [1.54, 1.807) is 0 Å². The van der Waals surface area contributed by atoms with E-state index in [9.17, 15) is 31.1 Å². The van der Waals surface area contributed by atoms with Crippen LogP contribution in [0.15, 0.2) is 72.8 Å². The van der Waals surface area contributed by atoms with Crippen molar-refractivity contribution in [3.05, 3.63) is 101 Å². The average molecular weight is 547 g/mol. The second kappa shape index (κ2) is 10.6. The Labute approximate surface area is 222 Å². The van der Waals surface area contributed by atoms with E-state index in [-0.39, 0.29) is 31.0 Å². The summed E-state index contributed by atoms with van der Waals surface area (Å²) < 4.78 is 80.4. The lowest BCUT2D eigenvalue weighted by molar-refractivity contribution is -0.143. The Hall–Kier alpha value is -3.49. The van der Waals surface area contributed by atoms with Crippen molar-refractivity contribution >= 4 is 11.6 Å². The lowest BCUT2D eigenvalue weighted by Crippen LogP contribution is -2.42. The third-order valence-corrected chi connectivity index (χ3v) is 7.57. The van der Waals surface area contributed by atoms with Gasteiger partial charge in [-0.25, -0.2) is 0 Å². The molecule has 3 nitrogen and oxygen atoms in total. The van der Waals surface area contributed by atoms with Crippen molar-refractivity contribution < 1.29 is 31.1 Å². The Kier molecular flexibility index (Phi) is 7.35. The lowest BCUT2D eigenvalue weighted by atomic mass is 9.76. The van der Waals surface area contributed by atoms with Crippen LogP contribution in [0.25, 0.3) is 0 Å². The van der Waals surface area contributed by atoms with Crippen molar-refractivity contribution in [3.63, 3.8) is 0 Å². The van der Waals surface area contributed by atoms with Gasteiger partial charge < -0.3 is 10.2 Å². The summed E-state index contributed by atoms with van der Waals surface area (Å²) in [5.74, 6) is -0.304.